The second kappa shape index (κ2) is 11.6. The Morgan fingerprint density at radius 2 is 1.95 bits per heavy atom. The standard InChI is InChI=1S/C15H26N4O.HI/c1-4-19(5-2)12-8-11-17-15(16)18-13-9-6-7-10-14(13)20-3;/h6-7,9-10H,4-5,8,11-12H2,1-3H3,(H3,16,17,18);1H. The number of hydrogen-bond acceptors (Lipinski definition) is 3. The van der Waals surface area contributed by atoms with Gasteiger partial charge in [-0.2, -0.15) is 0 Å². The number of para-hydroxylation sites is 2. The average molecular weight is 406 g/mol. The molecule has 21 heavy (non-hydrogen) atoms. The number of aliphatic imine (C=N–C) groups is 1. The molecule has 0 amide bonds. The lowest BCUT2D eigenvalue weighted by Crippen LogP contribution is -2.26. The van der Waals surface area contributed by atoms with E-state index in [0.29, 0.717) is 5.96 Å². The molecule has 0 atom stereocenters. The number of rotatable bonds is 8. The predicted octanol–water partition coefficient (Wildman–Crippen LogP) is 2.77. The molecule has 0 spiro atoms. The summed E-state index contributed by atoms with van der Waals surface area (Å²) in [5.74, 6) is 1.18. The van der Waals surface area contributed by atoms with Crippen LogP contribution in [0.1, 0.15) is 20.3 Å². The van der Waals surface area contributed by atoms with Crippen LogP contribution in [0.2, 0.25) is 0 Å². The largest absolute Gasteiger partial charge is 0.495 e. The molecule has 0 bridgehead atoms. The Bertz CT molecular complexity index is 422. The highest BCUT2D eigenvalue weighted by Crippen LogP contribution is 2.22. The summed E-state index contributed by atoms with van der Waals surface area (Å²) in [5, 5.41) is 3.07. The number of nitrogens with one attached hydrogen (secondary N) is 1. The van der Waals surface area contributed by atoms with Crippen LogP contribution in [0.3, 0.4) is 0 Å². The summed E-state index contributed by atoms with van der Waals surface area (Å²) in [7, 11) is 1.64. The zero-order valence-electron chi connectivity index (χ0n) is 13.1. The van der Waals surface area contributed by atoms with Crippen molar-refractivity contribution in [3.8, 4) is 5.75 Å². The van der Waals surface area contributed by atoms with Gasteiger partial charge in [0.1, 0.15) is 5.75 Å². The van der Waals surface area contributed by atoms with Crippen LogP contribution in [0.15, 0.2) is 29.3 Å². The Morgan fingerprint density at radius 3 is 2.57 bits per heavy atom. The number of ether oxygens (including phenoxy) is 1. The van der Waals surface area contributed by atoms with E-state index >= 15 is 0 Å². The van der Waals surface area contributed by atoms with Gasteiger partial charge >= 0.3 is 0 Å². The number of hydrogen-bond donors (Lipinski definition) is 2. The van der Waals surface area contributed by atoms with Crippen molar-refractivity contribution in [3.05, 3.63) is 24.3 Å². The van der Waals surface area contributed by atoms with E-state index in [-0.39, 0.29) is 24.0 Å². The fourth-order valence-corrected chi connectivity index (χ4v) is 1.96. The van der Waals surface area contributed by atoms with Gasteiger partial charge in [0.15, 0.2) is 5.96 Å². The Balaban J connectivity index is 0.00000400. The molecular formula is C15H27IN4O. The van der Waals surface area contributed by atoms with Gasteiger partial charge in [0.05, 0.1) is 12.8 Å². The third-order valence-electron chi connectivity index (χ3n) is 3.18. The summed E-state index contributed by atoms with van der Waals surface area (Å²) in [6.45, 7) is 8.28. The van der Waals surface area contributed by atoms with E-state index in [4.69, 9.17) is 10.5 Å². The molecule has 0 unspecified atom stereocenters. The first-order chi connectivity index (χ1) is 9.71. The highest BCUT2D eigenvalue weighted by molar-refractivity contribution is 14.0. The van der Waals surface area contributed by atoms with Crippen molar-refractivity contribution in [1.29, 1.82) is 0 Å². The van der Waals surface area contributed by atoms with Crippen molar-refractivity contribution >= 4 is 35.6 Å². The normalized spacial score (nSPS) is 11.1. The molecule has 5 nitrogen and oxygen atoms in total. The number of nitrogens with zero attached hydrogens (tertiary/aromatic N) is 2. The van der Waals surface area contributed by atoms with Crippen LogP contribution in [-0.2, 0) is 0 Å². The highest BCUT2D eigenvalue weighted by Gasteiger charge is 2.02. The molecule has 1 rings (SSSR count). The van der Waals surface area contributed by atoms with Gasteiger partial charge in [-0.05, 0) is 38.2 Å². The van der Waals surface area contributed by atoms with Crippen molar-refractivity contribution in [2.24, 2.45) is 10.7 Å². The maximum absolute atomic E-state index is 5.88. The molecule has 3 N–H and O–H groups in total. The first-order valence-corrected chi connectivity index (χ1v) is 7.13. The maximum atomic E-state index is 5.88. The van der Waals surface area contributed by atoms with Crippen LogP contribution < -0.4 is 15.8 Å². The molecule has 0 saturated heterocycles. The van der Waals surface area contributed by atoms with E-state index < -0.39 is 0 Å². The van der Waals surface area contributed by atoms with Gasteiger partial charge in [-0.15, -0.1) is 24.0 Å². The van der Waals surface area contributed by atoms with Crippen LogP contribution in [0, 0.1) is 0 Å². The van der Waals surface area contributed by atoms with Crippen LogP contribution in [-0.4, -0.2) is 44.1 Å². The molecule has 6 heteroatoms. The number of guanidine groups is 1. The van der Waals surface area contributed by atoms with Crippen molar-refractivity contribution < 1.29 is 4.74 Å². The first kappa shape index (κ1) is 20.0. The zero-order valence-corrected chi connectivity index (χ0v) is 15.5. The number of methoxy groups -OCH3 is 1. The number of benzene rings is 1. The predicted molar refractivity (Wildman–Crippen MR) is 101 cm³/mol. The summed E-state index contributed by atoms with van der Waals surface area (Å²) in [5.41, 5.74) is 6.71. The van der Waals surface area contributed by atoms with E-state index in [1.54, 1.807) is 7.11 Å². The van der Waals surface area contributed by atoms with E-state index in [9.17, 15) is 0 Å². The molecule has 0 saturated carbocycles. The lowest BCUT2D eigenvalue weighted by molar-refractivity contribution is 0.302. The van der Waals surface area contributed by atoms with Crippen molar-refractivity contribution in [2.75, 3.05) is 38.6 Å². The zero-order chi connectivity index (χ0) is 14.8. The van der Waals surface area contributed by atoms with Crippen LogP contribution >= 0.6 is 24.0 Å². The van der Waals surface area contributed by atoms with Gasteiger partial charge in [0, 0.05) is 6.54 Å². The van der Waals surface area contributed by atoms with E-state index in [2.05, 4.69) is 29.1 Å². The third-order valence-corrected chi connectivity index (χ3v) is 3.18. The fraction of sp³-hybridized carbons (Fsp3) is 0.533. The third kappa shape index (κ3) is 7.52. The molecule has 0 aliphatic carbocycles. The van der Waals surface area contributed by atoms with Crippen LogP contribution in [0.25, 0.3) is 0 Å². The molecule has 0 fully saturated rings. The minimum Gasteiger partial charge on any atom is -0.495 e. The van der Waals surface area contributed by atoms with Crippen LogP contribution in [0.5, 0.6) is 5.75 Å². The van der Waals surface area contributed by atoms with Gasteiger partial charge in [-0.1, -0.05) is 26.0 Å². The van der Waals surface area contributed by atoms with Gasteiger partial charge in [0.25, 0.3) is 0 Å². The Labute approximate surface area is 145 Å². The van der Waals surface area contributed by atoms with Gasteiger partial charge < -0.3 is 20.7 Å². The second-order valence-electron chi connectivity index (χ2n) is 4.47. The Hall–Kier alpha value is -1.02. The topological polar surface area (TPSA) is 62.9 Å². The summed E-state index contributed by atoms with van der Waals surface area (Å²) in [4.78, 5) is 6.71. The smallest absolute Gasteiger partial charge is 0.193 e. The van der Waals surface area contributed by atoms with Gasteiger partial charge in [-0.3, -0.25) is 4.99 Å². The van der Waals surface area contributed by atoms with Crippen molar-refractivity contribution in [2.45, 2.75) is 20.3 Å². The minimum absolute atomic E-state index is 0. The minimum atomic E-state index is 0. The lowest BCUT2D eigenvalue weighted by atomic mass is 10.3. The quantitative estimate of drug-likeness (QED) is 0.302. The Kier molecular flexibility index (Phi) is 11.1. The SMILES string of the molecule is CCN(CC)CCCN=C(N)Nc1ccccc1OC.I. The Morgan fingerprint density at radius 1 is 1.29 bits per heavy atom. The number of nitrogens with two attached hydrogens (primary N) is 1. The van der Waals surface area contributed by atoms with E-state index in [1.165, 1.54) is 0 Å². The van der Waals surface area contributed by atoms with Crippen molar-refractivity contribution in [3.63, 3.8) is 0 Å². The summed E-state index contributed by atoms with van der Waals surface area (Å²) < 4.78 is 5.25. The highest BCUT2D eigenvalue weighted by atomic mass is 127. The second-order valence-corrected chi connectivity index (χ2v) is 4.47. The van der Waals surface area contributed by atoms with Gasteiger partial charge in [0.2, 0.25) is 0 Å². The number of halogens is 1. The van der Waals surface area contributed by atoms with E-state index in [0.717, 1.165) is 44.0 Å². The molecule has 0 radical (unpaired) electrons. The van der Waals surface area contributed by atoms with Crippen molar-refractivity contribution in [1.82, 2.24) is 4.90 Å². The maximum Gasteiger partial charge on any atom is 0.193 e. The summed E-state index contributed by atoms with van der Waals surface area (Å²) in [6, 6.07) is 7.65. The summed E-state index contributed by atoms with van der Waals surface area (Å²) >= 11 is 0. The number of anilines is 1. The van der Waals surface area contributed by atoms with E-state index in [1.807, 2.05) is 24.3 Å². The molecule has 1 aromatic carbocycles. The molecule has 1 aromatic rings. The summed E-state index contributed by atoms with van der Waals surface area (Å²) in [6.07, 6.45) is 1.01. The lowest BCUT2D eigenvalue weighted by Gasteiger charge is -2.16. The fourth-order valence-electron chi connectivity index (χ4n) is 1.96. The van der Waals surface area contributed by atoms with Gasteiger partial charge in [-0.25, -0.2) is 0 Å². The molecule has 0 aromatic heterocycles. The molecule has 120 valence electrons. The average Bonchev–Trinajstić information content (AvgIpc) is 2.48. The van der Waals surface area contributed by atoms with Crippen LogP contribution in [0.4, 0.5) is 5.69 Å². The molecule has 0 heterocycles. The first-order valence-electron chi connectivity index (χ1n) is 7.13. The molecule has 0 aliphatic rings. The molecule has 0 aliphatic heterocycles. The monoisotopic (exact) mass is 406 g/mol. The molecular weight excluding hydrogens is 379 g/mol.